The summed E-state index contributed by atoms with van der Waals surface area (Å²) in [6.07, 6.45) is 4.49. The largest absolute Gasteiger partial charge is 0.334 e. The second-order valence-corrected chi connectivity index (χ2v) is 31.7. The molecule has 426 valence electrons. The molecule has 0 aromatic heterocycles. The van der Waals surface area contributed by atoms with Crippen molar-refractivity contribution in [2.24, 2.45) is 0 Å². The quantitative estimate of drug-likeness (QED) is 0.159. The Morgan fingerprint density at radius 3 is 1.41 bits per heavy atom. The Bertz CT molecular complexity index is 3820. The lowest BCUT2D eigenvalue weighted by Gasteiger charge is -2.53. The van der Waals surface area contributed by atoms with E-state index < -0.39 is 0 Å². The Morgan fingerprint density at radius 2 is 0.831 bits per heavy atom. The van der Waals surface area contributed by atoms with Gasteiger partial charge in [0, 0.05) is 50.8 Å². The summed E-state index contributed by atoms with van der Waals surface area (Å²) >= 11 is 0. The molecule has 8 aromatic rings. The van der Waals surface area contributed by atoms with Crippen molar-refractivity contribution in [2.45, 2.75) is 201 Å². The summed E-state index contributed by atoms with van der Waals surface area (Å²) in [5.74, 6) is 0. The van der Waals surface area contributed by atoms with Crippen molar-refractivity contribution < 1.29 is 0 Å². The number of fused-ring (bicyclic) bond motifs is 7. The topological polar surface area (TPSA) is 9.72 Å². The molecule has 3 nitrogen and oxygen atoms in total. The molecule has 0 spiro atoms. The molecule has 3 heterocycles. The molecule has 2 unspecified atom stereocenters. The van der Waals surface area contributed by atoms with Crippen molar-refractivity contribution in [3.63, 3.8) is 0 Å². The smallest absolute Gasteiger partial charge is 0.252 e. The van der Waals surface area contributed by atoms with Gasteiger partial charge in [0.05, 0.1) is 11.2 Å². The van der Waals surface area contributed by atoms with Gasteiger partial charge in [0.15, 0.2) is 0 Å². The number of hydrogen-bond acceptors (Lipinski definition) is 3. The Labute approximate surface area is 500 Å². The molecular weight excluding hydrogens is 1000 g/mol. The van der Waals surface area contributed by atoms with Gasteiger partial charge in [-0.3, -0.25) is 0 Å². The van der Waals surface area contributed by atoms with Crippen LogP contribution in [0.4, 0.5) is 45.5 Å². The van der Waals surface area contributed by atoms with Crippen LogP contribution >= 0.6 is 0 Å². The first kappa shape index (κ1) is 56.7. The van der Waals surface area contributed by atoms with Crippen molar-refractivity contribution in [2.75, 3.05) is 14.7 Å². The maximum absolute atomic E-state index is 2.87. The molecule has 0 amide bonds. The molecule has 4 heteroatoms. The predicted molar refractivity (Wildman–Crippen MR) is 361 cm³/mol. The van der Waals surface area contributed by atoms with E-state index in [1.165, 1.54) is 130 Å². The highest BCUT2D eigenvalue weighted by atomic mass is 15.3. The van der Waals surface area contributed by atoms with E-state index in [2.05, 4.69) is 310 Å². The van der Waals surface area contributed by atoms with E-state index in [0.717, 1.165) is 12.8 Å². The van der Waals surface area contributed by atoms with Crippen LogP contribution in [0.2, 0.25) is 0 Å². The predicted octanol–water partition coefficient (Wildman–Crippen LogP) is 20.0. The highest BCUT2D eigenvalue weighted by Crippen LogP contribution is 2.65. The number of benzene rings is 8. The summed E-state index contributed by atoms with van der Waals surface area (Å²) in [7, 11) is 0. The molecule has 3 aliphatic heterocycles. The summed E-state index contributed by atoms with van der Waals surface area (Å²) in [6.45, 7) is 45.0. The summed E-state index contributed by atoms with van der Waals surface area (Å²) < 4.78 is 0. The van der Waals surface area contributed by atoms with Crippen LogP contribution in [-0.2, 0) is 37.9 Å². The fourth-order valence-electron chi connectivity index (χ4n) is 14.9. The maximum Gasteiger partial charge on any atom is 0.252 e. The van der Waals surface area contributed by atoms with E-state index in [4.69, 9.17) is 0 Å². The van der Waals surface area contributed by atoms with E-state index in [1.807, 2.05) is 0 Å². The van der Waals surface area contributed by atoms with E-state index in [1.54, 1.807) is 0 Å². The number of anilines is 8. The lowest BCUT2D eigenvalue weighted by molar-refractivity contribution is 0.215. The molecule has 0 radical (unpaired) electrons. The van der Waals surface area contributed by atoms with Crippen LogP contribution in [0.15, 0.2) is 164 Å². The molecule has 0 saturated heterocycles. The fourth-order valence-corrected chi connectivity index (χ4v) is 14.9. The van der Waals surface area contributed by atoms with E-state index in [9.17, 15) is 0 Å². The van der Waals surface area contributed by atoms with Crippen molar-refractivity contribution in [1.29, 1.82) is 0 Å². The van der Waals surface area contributed by atoms with Gasteiger partial charge in [-0.05, 0) is 173 Å². The highest BCUT2D eigenvalue weighted by molar-refractivity contribution is 7.00. The second-order valence-electron chi connectivity index (χ2n) is 31.7. The van der Waals surface area contributed by atoms with Crippen LogP contribution in [0.25, 0.3) is 11.1 Å². The van der Waals surface area contributed by atoms with E-state index >= 15 is 0 Å². The molecule has 12 rings (SSSR count). The van der Waals surface area contributed by atoms with Gasteiger partial charge in [-0.1, -0.05) is 247 Å². The van der Waals surface area contributed by atoms with Gasteiger partial charge in [0.1, 0.15) is 0 Å². The first-order valence-corrected chi connectivity index (χ1v) is 31.2. The van der Waals surface area contributed by atoms with Crippen LogP contribution in [-0.4, -0.2) is 12.3 Å². The molecular formula is C79H92BN3. The summed E-state index contributed by atoms with van der Waals surface area (Å²) in [5, 5.41) is 0. The third kappa shape index (κ3) is 9.21. The lowest BCUT2D eigenvalue weighted by atomic mass is 9.33. The van der Waals surface area contributed by atoms with Crippen LogP contribution in [0.5, 0.6) is 0 Å². The second kappa shape index (κ2) is 19.1. The van der Waals surface area contributed by atoms with Gasteiger partial charge in [0.25, 0.3) is 6.71 Å². The van der Waals surface area contributed by atoms with Gasteiger partial charge in [-0.2, -0.15) is 0 Å². The van der Waals surface area contributed by atoms with Crippen molar-refractivity contribution in [1.82, 2.24) is 0 Å². The van der Waals surface area contributed by atoms with Gasteiger partial charge in [0.2, 0.25) is 0 Å². The standard InChI is InChI=1S/C79H92BN3/c1-72(2,3)52-27-29-54(30-28-52)79-44-24-23-43-78(79,19)83(66-41-35-56(46-62(66)79)75(10,11)12)60-49-69-71-70(50-60)82(65-40-34-55(74(7,8)9)45-61(65)51-25-21-20-22-26-51)68-48-58(77(16,17)18)33-39-63(68)80(71)64-47-57(76(13,14)15)36-42-67(64)81(69)59-37-31-53(32-38-59)73(4,5)6/h20-22,25-42,45-50H,23-24,43-44H2,1-19H3. The molecule has 0 bridgehead atoms. The average molecular weight is 1090 g/mol. The summed E-state index contributed by atoms with van der Waals surface area (Å²) in [6, 6.07) is 65.9. The third-order valence-electron chi connectivity index (χ3n) is 19.9. The summed E-state index contributed by atoms with van der Waals surface area (Å²) in [5.41, 5.74) is 26.6. The molecule has 0 N–H and O–H groups in total. The number of rotatable bonds is 5. The number of hydrogen-bond donors (Lipinski definition) is 0. The molecule has 1 aliphatic carbocycles. The molecule has 8 aromatic carbocycles. The van der Waals surface area contributed by atoms with Crippen molar-refractivity contribution in [3.05, 3.63) is 208 Å². The monoisotopic (exact) mass is 1090 g/mol. The zero-order valence-corrected chi connectivity index (χ0v) is 53.8. The van der Waals surface area contributed by atoms with Gasteiger partial charge in [-0.15, -0.1) is 0 Å². The van der Waals surface area contributed by atoms with Crippen LogP contribution in [0, 0.1) is 0 Å². The highest BCUT2D eigenvalue weighted by Gasteiger charge is 2.62. The Kier molecular flexibility index (Phi) is 13.1. The third-order valence-corrected chi connectivity index (χ3v) is 19.9. The van der Waals surface area contributed by atoms with Crippen LogP contribution < -0.4 is 31.1 Å². The van der Waals surface area contributed by atoms with Gasteiger partial charge >= 0.3 is 0 Å². The van der Waals surface area contributed by atoms with Crippen LogP contribution in [0.1, 0.15) is 202 Å². The first-order valence-electron chi connectivity index (χ1n) is 31.2. The molecule has 2 atom stereocenters. The fraction of sp³-hybridized carbons (Fsp3) is 0.392. The SMILES string of the molecule is CC(C)(C)c1ccc(N2c3ccc(C(C)(C)C)cc3B3c4ccc(C(C)(C)C)cc4N(c4ccc(C(C)(C)C)cc4-c4ccccc4)c4cc(N5c6ccc(C(C)(C)C)cc6C6(c7ccc(C(C)(C)C)cc7)CCCCC56C)cc2c43)cc1. The zero-order valence-electron chi connectivity index (χ0n) is 53.8. The zero-order chi connectivity index (χ0) is 59.4. The summed E-state index contributed by atoms with van der Waals surface area (Å²) in [4.78, 5) is 8.25. The normalized spacial score (nSPS) is 18.8. The van der Waals surface area contributed by atoms with E-state index in [0.29, 0.717) is 0 Å². The Balaban J connectivity index is 1.24. The minimum Gasteiger partial charge on any atom is -0.334 e. The lowest BCUT2D eigenvalue weighted by Crippen LogP contribution is -2.62. The first-order chi connectivity index (χ1) is 38.8. The van der Waals surface area contributed by atoms with Gasteiger partial charge in [-0.25, -0.2) is 0 Å². The van der Waals surface area contributed by atoms with Crippen molar-refractivity contribution in [3.8, 4) is 11.1 Å². The average Bonchev–Trinajstić information content (AvgIpc) is 3.08. The molecule has 4 aliphatic rings. The minimum absolute atomic E-state index is 0.00421. The Hall–Kier alpha value is -6.78. The molecule has 1 saturated carbocycles. The maximum atomic E-state index is 2.87. The van der Waals surface area contributed by atoms with Crippen molar-refractivity contribution >= 4 is 68.6 Å². The molecule has 83 heavy (non-hydrogen) atoms. The minimum atomic E-state index is -0.318. The number of nitrogens with zero attached hydrogens (tertiary/aromatic N) is 3. The molecule has 1 fully saturated rings. The Morgan fingerprint density at radius 1 is 0.361 bits per heavy atom. The van der Waals surface area contributed by atoms with Crippen LogP contribution in [0.3, 0.4) is 0 Å². The van der Waals surface area contributed by atoms with Gasteiger partial charge < -0.3 is 14.7 Å². The van der Waals surface area contributed by atoms with E-state index in [-0.39, 0.29) is 50.2 Å².